The minimum atomic E-state index is -0.156. The topological polar surface area (TPSA) is 38.3 Å². The van der Waals surface area contributed by atoms with Gasteiger partial charge in [0.1, 0.15) is 5.75 Å². The van der Waals surface area contributed by atoms with Crippen LogP contribution in [0.15, 0.2) is 48.5 Å². The number of hydrogen-bond acceptors (Lipinski definition) is 2. The number of carbonyl (C=O) groups is 1. The van der Waals surface area contributed by atoms with Crippen molar-refractivity contribution >= 4 is 5.91 Å². The zero-order valence-corrected chi connectivity index (χ0v) is 15.0. The summed E-state index contributed by atoms with van der Waals surface area (Å²) in [6, 6.07) is 16.1. The average Bonchev–Trinajstić information content (AvgIpc) is 2.59. The Labute approximate surface area is 145 Å². The Morgan fingerprint density at radius 3 is 2.08 bits per heavy atom. The molecule has 0 bridgehead atoms. The van der Waals surface area contributed by atoms with Crippen LogP contribution in [0.25, 0.3) is 0 Å². The Bertz CT molecular complexity index is 645. The maximum absolute atomic E-state index is 12.4. The third kappa shape index (κ3) is 5.12. The van der Waals surface area contributed by atoms with Crippen LogP contribution < -0.4 is 10.1 Å². The van der Waals surface area contributed by atoms with E-state index in [9.17, 15) is 4.79 Å². The zero-order valence-electron chi connectivity index (χ0n) is 15.0. The van der Waals surface area contributed by atoms with Crippen LogP contribution in [0.1, 0.15) is 43.4 Å². The molecular weight excluding hydrogens is 298 g/mol. The van der Waals surface area contributed by atoms with E-state index in [-0.39, 0.29) is 11.8 Å². The van der Waals surface area contributed by atoms with Gasteiger partial charge in [-0.15, -0.1) is 0 Å². The highest BCUT2D eigenvalue weighted by Crippen LogP contribution is 2.18. The average molecular weight is 325 g/mol. The van der Waals surface area contributed by atoms with Gasteiger partial charge in [-0.1, -0.05) is 50.2 Å². The SMILES string of the molecule is COc1ccc(CNC(=O)C(C)c2ccc(CC(C)C)cc2)cc1. The van der Waals surface area contributed by atoms with Crippen molar-refractivity contribution in [2.75, 3.05) is 7.11 Å². The van der Waals surface area contributed by atoms with Crippen LogP contribution in [0, 0.1) is 5.92 Å². The van der Waals surface area contributed by atoms with E-state index in [0.29, 0.717) is 12.5 Å². The highest BCUT2D eigenvalue weighted by Gasteiger charge is 2.14. The van der Waals surface area contributed by atoms with E-state index in [0.717, 1.165) is 23.3 Å². The molecule has 0 aliphatic carbocycles. The molecule has 1 atom stereocenters. The summed E-state index contributed by atoms with van der Waals surface area (Å²) < 4.78 is 5.14. The number of amides is 1. The molecule has 128 valence electrons. The second-order valence-electron chi connectivity index (χ2n) is 6.63. The molecule has 1 unspecified atom stereocenters. The van der Waals surface area contributed by atoms with Gasteiger partial charge in [0.2, 0.25) is 5.91 Å². The predicted molar refractivity (Wildman–Crippen MR) is 98.2 cm³/mol. The van der Waals surface area contributed by atoms with Crippen molar-refractivity contribution in [3.8, 4) is 5.75 Å². The second-order valence-corrected chi connectivity index (χ2v) is 6.63. The van der Waals surface area contributed by atoms with Crippen molar-refractivity contribution in [1.29, 1.82) is 0 Å². The molecule has 1 N–H and O–H groups in total. The molecule has 0 aliphatic heterocycles. The van der Waals surface area contributed by atoms with Gasteiger partial charge in [0.25, 0.3) is 0 Å². The van der Waals surface area contributed by atoms with E-state index in [2.05, 4.69) is 43.4 Å². The highest BCUT2D eigenvalue weighted by molar-refractivity contribution is 5.83. The van der Waals surface area contributed by atoms with Crippen LogP contribution in [-0.2, 0) is 17.8 Å². The number of ether oxygens (including phenoxy) is 1. The van der Waals surface area contributed by atoms with E-state index in [1.807, 2.05) is 31.2 Å². The smallest absolute Gasteiger partial charge is 0.227 e. The molecule has 0 fully saturated rings. The van der Waals surface area contributed by atoms with E-state index in [1.54, 1.807) is 7.11 Å². The van der Waals surface area contributed by atoms with Crippen molar-refractivity contribution < 1.29 is 9.53 Å². The van der Waals surface area contributed by atoms with Gasteiger partial charge in [0.05, 0.1) is 13.0 Å². The first-order valence-corrected chi connectivity index (χ1v) is 8.49. The zero-order chi connectivity index (χ0) is 17.5. The van der Waals surface area contributed by atoms with Crippen molar-refractivity contribution in [2.24, 2.45) is 5.92 Å². The van der Waals surface area contributed by atoms with Gasteiger partial charge in [0.15, 0.2) is 0 Å². The maximum atomic E-state index is 12.4. The number of hydrogen-bond donors (Lipinski definition) is 1. The van der Waals surface area contributed by atoms with Gasteiger partial charge in [-0.05, 0) is 48.1 Å². The Morgan fingerprint density at radius 1 is 0.958 bits per heavy atom. The van der Waals surface area contributed by atoms with Gasteiger partial charge < -0.3 is 10.1 Å². The molecule has 0 aliphatic rings. The van der Waals surface area contributed by atoms with E-state index in [1.165, 1.54) is 5.56 Å². The second kappa shape index (κ2) is 8.53. The van der Waals surface area contributed by atoms with Crippen molar-refractivity contribution in [2.45, 2.75) is 39.7 Å². The molecule has 0 saturated carbocycles. The summed E-state index contributed by atoms with van der Waals surface area (Å²) in [7, 11) is 1.64. The summed E-state index contributed by atoms with van der Waals surface area (Å²) in [6.45, 7) is 6.89. The lowest BCUT2D eigenvalue weighted by Crippen LogP contribution is -2.27. The molecule has 0 aromatic heterocycles. The molecule has 0 radical (unpaired) electrons. The first kappa shape index (κ1) is 18.1. The normalized spacial score (nSPS) is 12.0. The van der Waals surface area contributed by atoms with E-state index in [4.69, 9.17) is 4.74 Å². The fourth-order valence-corrected chi connectivity index (χ4v) is 2.65. The molecule has 24 heavy (non-hydrogen) atoms. The molecule has 3 heteroatoms. The lowest BCUT2D eigenvalue weighted by molar-refractivity contribution is -0.122. The van der Waals surface area contributed by atoms with Crippen LogP contribution in [0.4, 0.5) is 0 Å². The summed E-state index contributed by atoms with van der Waals surface area (Å²) in [5.74, 6) is 1.35. The van der Waals surface area contributed by atoms with E-state index >= 15 is 0 Å². The lowest BCUT2D eigenvalue weighted by atomic mass is 9.96. The van der Waals surface area contributed by atoms with Gasteiger partial charge in [0, 0.05) is 6.54 Å². The van der Waals surface area contributed by atoms with Crippen molar-refractivity contribution in [1.82, 2.24) is 5.32 Å². The molecule has 1 amide bonds. The summed E-state index contributed by atoms with van der Waals surface area (Å²) in [5, 5.41) is 3.00. The lowest BCUT2D eigenvalue weighted by Gasteiger charge is -2.14. The molecular formula is C21H27NO2. The summed E-state index contributed by atoms with van der Waals surface area (Å²) >= 11 is 0. The van der Waals surface area contributed by atoms with Crippen LogP contribution in [-0.4, -0.2) is 13.0 Å². The minimum absolute atomic E-state index is 0.0439. The summed E-state index contributed by atoms with van der Waals surface area (Å²) in [4.78, 5) is 12.4. The maximum Gasteiger partial charge on any atom is 0.227 e. The molecule has 0 heterocycles. The fourth-order valence-electron chi connectivity index (χ4n) is 2.65. The fraction of sp³-hybridized carbons (Fsp3) is 0.381. The third-order valence-corrected chi connectivity index (χ3v) is 4.14. The summed E-state index contributed by atoms with van der Waals surface area (Å²) in [6.07, 6.45) is 1.07. The van der Waals surface area contributed by atoms with Crippen molar-refractivity contribution in [3.05, 3.63) is 65.2 Å². The Morgan fingerprint density at radius 2 is 1.54 bits per heavy atom. The Hall–Kier alpha value is -2.29. The monoisotopic (exact) mass is 325 g/mol. The molecule has 0 spiro atoms. The van der Waals surface area contributed by atoms with Crippen LogP contribution >= 0.6 is 0 Å². The molecule has 0 saturated heterocycles. The number of benzene rings is 2. The van der Waals surface area contributed by atoms with Gasteiger partial charge >= 0.3 is 0 Å². The van der Waals surface area contributed by atoms with Gasteiger partial charge in [-0.25, -0.2) is 0 Å². The van der Waals surface area contributed by atoms with Crippen molar-refractivity contribution in [3.63, 3.8) is 0 Å². The number of methoxy groups -OCH3 is 1. The van der Waals surface area contributed by atoms with Crippen LogP contribution in [0.5, 0.6) is 5.75 Å². The van der Waals surface area contributed by atoms with Gasteiger partial charge in [-0.2, -0.15) is 0 Å². The molecule has 2 rings (SSSR count). The quantitative estimate of drug-likeness (QED) is 0.823. The number of rotatable bonds is 7. The molecule has 2 aromatic rings. The number of carbonyl (C=O) groups excluding carboxylic acids is 1. The minimum Gasteiger partial charge on any atom is -0.497 e. The Kier molecular flexibility index (Phi) is 6.42. The predicted octanol–water partition coefficient (Wildman–Crippen LogP) is 4.31. The third-order valence-electron chi connectivity index (χ3n) is 4.14. The standard InChI is InChI=1S/C21H27NO2/c1-15(2)13-17-5-9-19(10-6-17)16(3)21(23)22-14-18-7-11-20(24-4)12-8-18/h5-12,15-16H,13-14H2,1-4H3,(H,22,23). The van der Waals surface area contributed by atoms with Gasteiger partial charge in [-0.3, -0.25) is 4.79 Å². The van der Waals surface area contributed by atoms with Crippen LogP contribution in [0.2, 0.25) is 0 Å². The highest BCUT2D eigenvalue weighted by atomic mass is 16.5. The first-order chi connectivity index (χ1) is 11.5. The molecule has 2 aromatic carbocycles. The van der Waals surface area contributed by atoms with E-state index < -0.39 is 0 Å². The summed E-state index contributed by atoms with van der Waals surface area (Å²) in [5.41, 5.74) is 3.43. The largest absolute Gasteiger partial charge is 0.497 e. The number of nitrogens with one attached hydrogen (secondary N) is 1. The Balaban J connectivity index is 1.91. The molecule has 3 nitrogen and oxygen atoms in total. The van der Waals surface area contributed by atoms with Crippen LogP contribution in [0.3, 0.4) is 0 Å². The first-order valence-electron chi connectivity index (χ1n) is 8.49.